The van der Waals surface area contributed by atoms with E-state index in [1.165, 1.54) is 12.7 Å². The first kappa shape index (κ1) is 20.9. The fourth-order valence-electron chi connectivity index (χ4n) is 3.52. The van der Waals surface area contributed by atoms with Gasteiger partial charge >= 0.3 is 5.97 Å². The van der Waals surface area contributed by atoms with Crippen molar-refractivity contribution in [1.82, 2.24) is 10.2 Å². The first-order valence-corrected chi connectivity index (χ1v) is 9.85. The maximum absolute atomic E-state index is 11.7. The molecule has 0 spiro atoms. The zero-order chi connectivity index (χ0) is 20.6. The Bertz CT molecular complexity index is 832. The molecule has 0 saturated carbocycles. The number of hydrogen-bond acceptors (Lipinski definition) is 5. The lowest BCUT2D eigenvalue weighted by molar-refractivity contribution is 0.0599. The van der Waals surface area contributed by atoms with Crippen molar-refractivity contribution >= 4 is 11.9 Å². The minimum atomic E-state index is -0.389. The molecule has 7 nitrogen and oxygen atoms in total. The molecule has 0 amide bonds. The summed E-state index contributed by atoms with van der Waals surface area (Å²) in [5.74, 6) is 2.14. The molecule has 1 aliphatic heterocycles. The molecule has 1 aromatic carbocycles. The standard InChI is InChI=1S/C22H29N3O4/c1-16-20(21(26)27-3)11-19(29-16)12-24-22(23-2)25-10-9-18(13-25)15-28-14-17-7-5-4-6-8-17/h4-8,11,18H,9-10,12-15H2,1-3H3,(H,23,24). The smallest absolute Gasteiger partial charge is 0.341 e. The van der Waals surface area contributed by atoms with Crippen molar-refractivity contribution in [3.8, 4) is 0 Å². The Morgan fingerprint density at radius 1 is 1.34 bits per heavy atom. The molecule has 2 heterocycles. The molecule has 1 fully saturated rings. The van der Waals surface area contributed by atoms with Crippen LogP contribution in [0, 0.1) is 12.8 Å². The van der Waals surface area contributed by atoms with Crippen LogP contribution in [0.5, 0.6) is 0 Å². The fraction of sp³-hybridized carbons (Fsp3) is 0.455. The van der Waals surface area contributed by atoms with E-state index in [1.807, 2.05) is 18.2 Å². The maximum atomic E-state index is 11.7. The molecule has 156 valence electrons. The summed E-state index contributed by atoms with van der Waals surface area (Å²) in [5, 5.41) is 3.32. The Balaban J connectivity index is 1.45. The number of hydrogen-bond donors (Lipinski definition) is 1. The number of guanidine groups is 1. The highest BCUT2D eigenvalue weighted by molar-refractivity contribution is 5.90. The van der Waals surface area contributed by atoms with Crippen molar-refractivity contribution in [2.24, 2.45) is 10.9 Å². The van der Waals surface area contributed by atoms with Crippen LogP contribution in [0.1, 0.15) is 33.9 Å². The van der Waals surface area contributed by atoms with Crippen LogP contribution in [0.25, 0.3) is 0 Å². The summed E-state index contributed by atoms with van der Waals surface area (Å²) in [7, 11) is 3.14. The number of carbonyl (C=O) groups excluding carboxylic acids is 1. The van der Waals surface area contributed by atoms with E-state index < -0.39 is 0 Å². The van der Waals surface area contributed by atoms with Gasteiger partial charge in [-0.05, 0) is 25.0 Å². The van der Waals surface area contributed by atoms with Gasteiger partial charge in [0.25, 0.3) is 0 Å². The second-order valence-corrected chi connectivity index (χ2v) is 7.18. The predicted molar refractivity (Wildman–Crippen MR) is 111 cm³/mol. The average molecular weight is 399 g/mol. The first-order chi connectivity index (χ1) is 14.1. The molecule has 1 aromatic heterocycles. The molecule has 1 atom stereocenters. The molecule has 0 radical (unpaired) electrons. The highest BCUT2D eigenvalue weighted by Crippen LogP contribution is 2.19. The monoisotopic (exact) mass is 399 g/mol. The maximum Gasteiger partial charge on any atom is 0.341 e. The minimum absolute atomic E-state index is 0.389. The fourth-order valence-corrected chi connectivity index (χ4v) is 3.52. The number of aliphatic imine (C=N–C) groups is 1. The first-order valence-electron chi connectivity index (χ1n) is 9.85. The number of methoxy groups -OCH3 is 1. The van der Waals surface area contributed by atoms with Crippen molar-refractivity contribution in [1.29, 1.82) is 0 Å². The van der Waals surface area contributed by atoms with Gasteiger partial charge in [0.2, 0.25) is 0 Å². The number of benzene rings is 1. The van der Waals surface area contributed by atoms with Gasteiger partial charge in [-0.15, -0.1) is 0 Å². The number of ether oxygens (including phenoxy) is 2. The molecular formula is C22H29N3O4. The van der Waals surface area contributed by atoms with Crippen molar-refractivity contribution in [3.05, 3.63) is 59.0 Å². The predicted octanol–water partition coefficient (Wildman–Crippen LogP) is 2.99. The van der Waals surface area contributed by atoms with Gasteiger partial charge < -0.3 is 24.1 Å². The zero-order valence-electron chi connectivity index (χ0n) is 17.3. The second kappa shape index (κ2) is 10.1. The lowest BCUT2D eigenvalue weighted by atomic mass is 10.1. The molecule has 3 rings (SSSR count). The van der Waals surface area contributed by atoms with E-state index in [0.29, 0.717) is 36.2 Å². The van der Waals surface area contributed by atoms with Gasteiger partial charge in [0.1, 0.15) is 17.1 Å². The van der Waals surface area contributed by atoms with Crippen molar-refractivity contribution < 1.29 is 18.7 Å². The lowest BCUT2D eigenvalue weighted by Crippen LogP contribution is -2.39. The number of furan rings is 1. The Hall–Kier alpha value is -2.80. The number of rotatable bonds is 7. The molecule has 1 N–H and O–H groups in total. The van der Waals surface area contributed by atoms with Crippen LogP contribution in [0.2, 0.25) is 0 Å². The third kappa shape index (κ3) is 5.60. The molecule has 1 saturated heterocycles. The van der Waals surface area contributed by atoms with Crippen LogP contribution in [-0.2, 0) is 22.6 Å². The van der Waals surface area contributed by atoms with Gasteiger partial charge in [-0.2, -0.15) is 0 Å². The Labute approximate surface area is 171 Å². The van der Waals surface area contributed by atoms with Gasteiger partial charge in [-0.25, -0.2) is 4.79 Å². The lowest BCUT2D eigenvalue weighted by Gasteiger charge is -2.21. The third-order valence-electron chi connectivity index (χ3n) is 5.06. The van der Waals surface area contributed by atoms with Gasteiger partial charge in [0, 0.05) is 26.1 Å². The SMILES string of the molecule is CN=C(NCc1cc(C(=O)OC)c(C)o1)N1CCC(COCc2ccccc2)C1. The van der Waals surface area contributed by atoms with Gasteiger partial charge in [-0.3, -0.25) is 4.99 Å². The molecular weight excluding hydrogens is 370 g/mol. The van der Waals surface area contributed by atoms with Gasteiger partial charge in [0.15, 0.2) is 5.96 Å². The van der Waals surface area contributed by atoms with Gasteiger partial charge in [0.05, 0.1) is 26.9 Å². The molecule has 0 aliphatic carbocycles. The summed E-state index contributed by atoms with van der Waals surface area (Å²) in [4.78, 5) is 18.3. The van der Waals surface area contributed by atoms with Gasteiger partial charge in [-0.1, -0.05) is 30.3 Å². The zero-order valence-corrected chi connectivity index (χ0v) is 17.3. The second-order valence-electron chi connectivity index (χ2n) is 7.18. The van der Waals surface area contributed by atoms with E-state index in [-0.39, 0.29) is 5.97 Å². The van der Waals surface area contributed by atoms with Crippen LogP contribution in [-0.4, -0.2) is 50.7 Å². The van der Waals surface area contributed by atoms with E-state index in [1.54, 1.807) is 20.0 Å². The highest BCUT2D eigenvalue weighted by atomic mass is 16.5. The number of nitrogens with zero attached hydrogens (tertiary/aromatic N) is 2. The van der Waals surface area contributed by atoms with E-state index in [0.717, 1.165) is 32.1 Å². The minimum Gasteiger partial charge on any atom is -0.465 e. The Morgan fingerprint density at radius 2 is 2.14 bits per heavy atom. The Kier molecular flexibility index (Phi) is 7.30. The highest BCUT2D eigenvalue weighted by Gasteiger charge is 2.25. The molecule has 1 aliphatic rings. The molecule has 1 unspecified atom stereocenters. The molecule has 2 aromatic rings. The summed E-state index contributed by atoms with van der Waals surface area (Å²) >= 11 is 0. The molecule has 0 bridgehead atoms. The van der Waals surface area contributed by atoms with Crippen LogP contribution in [0.15, 0.2) is 45.8 Å². The van der Waals surface area contributed by atoms with Crippen LogP contribution >= 0.6 is 0 Å². The van der Waals surface area contributed by atoms with Crippen LogP contribution < -0.4 is 5.32 Å². The number of nitrogens with one attached hydrogen (secondary N) is 1. The topological polar surface area (TPSA) is 76.3 Å². The summed E-state index contributed by atoms with van der Waals surface area (Å²) in [6, 6.07) is 11.9. The summed E-state index contributed by atoms with van der Waals surface area (Å²) in [6.07, 6.45) is 1.07. The van der Waals surface area contributed by atoms with Crippen molar-refractivity contribution in [2.75, 3.05) is 33.9 Å². The van der Waals surface area contributed by atoms with E-state index in [4.69, 9.17) is 13.9 Å². The quantitative estimate of drug-likeness (QED) is 0.438. The summed E-state index contributed by atoms with van der Waals surface area (Å²) in [6.45, 7) is 5.43. The number of likely N-dealkylation sites (tertiary alicyclic amines) is 1. The van der Waals surface area contributed by atoms with E-state index in [9.17, 15) is 4.79 Å². The number of esters is 1. The van der Waals surface area contributed by atoms with Crippen LogP contribution in [0.3, 0.4) is 0 Å². The molecule has 7 heteroatoms. The number of carbonyl (C=O) groups is 1. The summed E-state index contributed by atoms with van der Waals surface area (Å²) in [5.41, 5.74) is 1.65. The Morgan fingerprint density at radius 3 is 2.86 bits per heavy atom. The normalized spacial score (nSPS) is 16.9. The largest absolute Gasteiger partial charge is 0.465 e. The van der Waals surface area contributed by atoms with E-state index in [2.05, 4.69) is 27.3 Å². The third-order valence-corrected chi connectivity index (χ3v) is 5.06. The van der Waals surface area contributed by atoms with E-state index >= 15 is 0 Å². The number of aryl methyl sites for hydroxylation is 1. The van der Waals surface area contributed by atoms with Crippen molar-refractivity contribution in [3.63, 3.8) is 0 Å². The average Bonchev–Trinajstić information content (AvgIpc) is 3.35. The molecule has 29 heavy (non-hydrogen) atoms. The van der Waals surface area contributed by atoms with Crippen molar-refractivity contribution in [2.45, 2.75) is 26.5 Å². The van der Waals surface area contributed by atoms with Crippen LogP contribution in [0.4, 0.5) is 0 Å². The summed E-state index contributed by atoms with van der Waals surface area (Å²) < 4.78 is 16.3.